The summed E-state index contributed by atoms with van der Waals surface area (Å²) in [6, 6.07) is 6.66. The van der Waals surface area contributed by atoms with Crippen LogP contribution in [0.2, 0.25) is 18.1 Å². The maximum absolute atomic E-state index is 14.2. The minimum absolute atomic E-state index is 0.145. The van der Waals surface area contributed by atoms with E-state index in [2.05, 4.69) is 33.9 Å². The predicted octanol–water partition coefficient (Wildman–Crippen LogP) is 5.34. The Kier molecular flexibility index (Phi) is 7.45. The zero-order chi connectivity index (χ0) is 27.0. The van der Waals surface area contributed by atoms with E-state index in [1.54, 1.807) is 24.3 Å². The summed E-state index contributed by atoms with van der Waals surface area (Å²) in [4.78, 5) is 26.1. The predicted molar refractivity (Wildman–Crippen MR) is 140 cm³/mol. The Morgan fingerprint density at radius 1 is 0.833 bits per heavy atom. The average Bonchev–Trinajstić information content (AvgIpc) is 3.22. The summed E-state index contributed by atoms with van der Waals surface area (Å²) < 4.78 is 33.8. The highest BCUT2D eigenvalue weighted by Gasteiger charge is 2.44. The summed E-state index contributed by atoms with van der Waals surface area (Å²) in [5.74, 6) is 0.801. The van der Waals surface area contributed by atoms with Crippen molar-refractivity contribution in [3.8, 4) is 28.7 Å². The minimum Gasteiger partial charge on any atom is -0.493 e. The number of carbonyl (C=O) groups excluding carboxylic acids is 2. The van der Waals surface area contributed by atoms with Crippen molar-refractivity contribution in [3.63, 3.8) is 0 Å². The maximum atomic E-state index is 14.2. The lowest BCUT2D eigenvalue weighted by Gasteiger charge is -2.35. The van der Waals surface area contributed by atoms with E-state index in [1.165, 1.54) is 35.4 Å². The molecule has 1 heterocycles. The molecule has 0 radical (unpaired) electrons. The quantitative estimate of drug-likeness (QED) is 0.172. The minimum atomic E-state index is -2.41. The molecule has 3 aromatic rings. The lowest BCUT2D eigenvalue weighted by Crippen LogP contribution is -2.50. The van der Waals surface area contributed by atoms with Crippen molar-refractivity contribution < 1.29 is 37.7 Å². The Morgan fingerprint density at radius 2 is 1.39 bits per heavy atom. The van der Waals surface area contributed by atoms with Crippen molar-refractivity contribution in [3.05, 3.63) is 35.4 Å². The molecular weight excluding hydrogens is 480 g/mol. The summed E-state index contributed by atoms with van der Waals surface area (Å²) in [5, 5.41) is 0.979. The number of ether oxygens (including phenoxy) is 5. The van der Waals surface area contributed by atoms with E-state index in [0.29, 0.717) is 50.5 Å². The first-order chi connectivity index (χ1) is 16.8. The monoisotopic (exact) mass is 514 g/mol. The van der Waals surface area contributed by atoms with Gasteiger partial charge in [-0.25, -0.2) is 0 Å². The second kappa shape index (κ2) is 9.89. The van der Waals surface area contributed by atoms with Crippen molar-refractivity contribution in [2.24, 2.45) is 0 Å². The second-order valence-electron chi connectivity index (χ2n) is 9.99. The van der Waals surface area contributed by atoms with Gasteiger partial charge in [-0.15, -0.1) is 0 Å². The van der Waals surface area contributed by atoms with E-state index in [-0.39, 0.29) is 16.6 Å². The largest absolute Gasteiger partial charge is 0.493 e. The summed E-state index contributed by atoms with van der Waals surface area (Å²) >= 11 is 0. The number of hydrogen-bond acceptors (Lipinski definition) is 8. The molecule has 0 amide bonds. The number of hydrogen-bond donors (Lipinski definition) is 0. The van der Waals surface area contributed by atoms with Crippen LogP contribution in [0.15, 0.2) is 28.7 Å². The highest BCUT2D eigenvalue weighted by Crippen LogP contribution is 2.44. The second-order valence-corrected chi connectivity index (χ2v) is 15.2. The molecule has 0 bridgehead atoms. The molecule has 0 atom stereocenters. The Labute approximate surface area is 212 Å². The smallest absolute Gasteiger partial charge is 0.308 e. The molecule has 194 valence electrons. The summed E-state index contributed by atoms with van der Waals surface area (Å²) in [6.07, 6.45) is 0. The normalized spacial score (nSPS) is 11.8. The fourth-order valence-corrected chi connectivity index (χ4v) is 5.79. The molecule has 0 saturated carbocycles. The molecule has 3 rings (SSSR count). The van der Waals surface area contributed by atoms with Crippen LogP contribution in [-0.2, 0) is 4.79 Å². The number of carbonyl (C=O) groups is 2. The molecule has 8 nitrogen and oxygen atoms in total. The Balaban J connectivity index is 2.42. The van der Waals surface area contributed by atoms with Crippen LogP contribution < -0.4 is 29.1 Å². The van der Waals surface area contributed by atoms with Gasteiger partial charge in [-0.2, -0.15) is 0 Å². The zero-order valence-corrected chi connectivity index (χ0v) is 23.6. The van der Waals surface area contributed by atoms with E-state index >= 15 is 0 Å². The van der Waals surface area contributed by atoms with Gasteiger partial charge in [0.2, 0.25) is 11.5 Å². The van der Waals surface area contributed by atoms with Crippen molar-refractivity contribution in [2.45, 2.75) is 45.8 Å². The maximum Gasteiger partial charge on any atom is 0.308 e. The molecule has 0 unspecified atom stereocenters. The molecule has 0 aliphatic carbocycles. The van der Waals surface area contributed by atoms with Gasteiger partial charge in [0, 0.05) is 17.9 Å². The highest BCUT2D eigenvalue weighted by atomic mass is 28.3. The van der Waals surface area contributed by atoms with Gasteiger partial charge < -0.3 is 28.1 Å². The first-order valence-corrected chi connectivity index (χ1v) is 14.5. The van der Waals surface area contributed by atoms with Crippen LogP contribution in [0.25, 0.3) is 11.0 Å². The molecule has 36 heavy (non-hydrogen) atoms. The van der Waals surface area contributed by atoms with E-state index in [4.69, 9.17) is 28.1 Å². The van der Waals surface area contributed by atoms with Gasteiger partial charge in [0.25, 0.3) is 0 Å². The molecule has 1 aromatic heterocycles. The SMILES string of the molecule is COc1cc(C(=O)c2c([Si](C)(C)C(C)(C)C)oc3c(OC(C)=O)c(OC)ccc23)cc(OC)c1OC. The molecule has 0 spiro atoms. The van der Waals surface area contributed by atoms with Crippen molar-refractivity contribution in [2.75, 3.05) is 28.4 Å². The average molecular weight is 515 g/mol. The van der Waals surface area contributed by atoms with Gasteiger partial charge >= 0.3 is 5.97 Å². The Morgan fingerprint density at radius 3 is 1.83 bits per heavy atom. The first-order valence-electron chi connectivity index (χ1n) is 11.5. The van der Waals surface area contributed by atoms with Crippen molar-refractivity contribution in [1.29, 1.82) is 0 Å². The number of fused-ring (bicyclic) bond motifs is 1. The van der Waals surface area contributed by atoms with E-state index < -0.39 is 14.0 Å². The Hall–Kier alpha value is -3.46. The zero-order valence-electron chi connectivity index (χ0n) is 22.6. The van der Waals surface area contributed by atoms with Crippen LogP contribution in [0.5, 0.6) is 28.7 Å². The molecule has 0 aliphatic rings. The molecule has 2 aromatic carbocycles. The number of furan rings is 1. The first kappa shape index (κ1) is 27.1. The molecule has 9 heteroatoms. The van der Waals surface area contributed by atoms with Crippen molar-refractivity contribution >= 4 is 36.2 Å². The fourth-order valence-electron chi connectivity index (χ4n) is 3.88. The summed E-state index contributed by atoms with van der Waals surface area (Å²) in [7, 11) is 3.57. The number of ketones is 1. The van der Waals surface area contributed by atoms with Gasteiger partial charge in [-0.05, 0) is 29.3 Å². The fraction of sp³-hybridized carbons (Fsp3) is 0.407. The standard InChI is InChI=1S/C27H34O8Si/c1-15(28)34-25-18(30-5)12-11-17-21(26(35-23(17)25)36(9,10)27(2,3)4)22(29)16-13-19(31-6)24(33-8)20(14-16)32-7/h11-14H,1-10H3. The van der Waals surface area contributed by atoms with E-state index in [1.807, 2.05) is 0 Å². The van der Waals surface area contributed by atoms with E-state index in [9.17, 15) is 9.59 Å². The third kappa shape index (κ3) is 4.55. The lowest BCUT2D eigenvalue weighted by molar-refractivity contribution is -0.131. The van der Waals surface area contributed by atoms with Crippen LogP contribution in [-0.4, -0.2) is 48.3 Å². The topological polar surface area (TPSA) is 93.4 Å². The molecule has 0 saturated heterocycles. The number of esters is 1. The summed E-state index contributed by atoms with van der Waals surface area (Å²) in [5.41, 5.74) is 1.05. The summed E-state index contributed by atoms with van der Waals surface area (Å²) in [6.45, 7) is 12.0. The molecule has 0 aliphatic heterocycles. The van der Waals surface area contributed by atoms with Crippen LogP contribution in [0.4, 0.5) is 0 Å². The lowest BCUT2D eigenvalue weighted by atomic mass is 10.0. The number of methoxy groups -OCH3 is 4. The van der Waals surface area contributed by atoms with E-state index in [0.717, 1.165) is 0 Å². The Bertz CT molecular complexity index is 1290. The van der Waals surface area contributed by atoms with Crippen LogP contribution in [0.3, 0.4) is 0 Å². The highest BCUT2D eigenvalue weighted by molar-refractivity contribution is 6.92. The van der Waals surface area contributed by atoms with Gasteiger partial charge in [0.05, 0.1) is 39.4 Å². The number of benzene rings is 2. The third-order valence-electron chi connectivity index (χ3n) is 6.84. The van der Waals surface area contributed by atoms with Gasteiger partial charge in [0.15, 0.2) is 28.6 Å². The van der Waals surface area contributed by atoms with Crippen LogP contribution in [0, 0.1) is 0 Å². The van der Waals surface area contributed by atoms with Gasteiger partial charge in [-0.3, -0.25) is 9.59 Å². The van der Waals surface area contributed by atoms with Gasteiger partial charge in [0.1, 0.15) is 8.07 Å². The van der Waals surface area contributed by atoms with Gasteiger partial charge in [-0.1, -0.05) is 33.9 Å². The third-order valence-corrected chi connectivity index (χ3v) is 12.1. The van der Waals surface area contributed by atoms with Crippen LogP contribution >= 0.6 is 0 Å². The molecule has 0 N–H and O–H groups in total. The van der Waals surface area contributed by atoms with Crippen LogP contribution in [0.1, 0.15) is 43.6 Å². The molecular formula is C27H34O8Si. The molecule has 0 fully saturated rings. The number of rotatable bonds is 8. The van der Waals surface area contributed by atoms with Crippen molar-refractivity contribution in [1.82, 2.24) is 0 Å².